The van der Waals surface area contributed by atoms with E-state index in [4.69, 9.17) is 9.47 Å². The topological polar surface area (TPSA) is 67.8 Å². The molecule has 0 heterocycles. The van der Waals surface area contributed by atoms with Crippen LogP contribution in [0.2, 0.25) is 0 Å². The predicted octanol–water partition coefficient (Wildman–Crippen LogP) is 3.79. The van der Waals surface area contributed by atoms with Gasteiger partial charge in [-0.15, -0.1) is 0 Å². The summed E-state index contributed by atoms with van der Waals surface area (Å²) in [5.41, 5.74) is 1.43. The molecule has 3 aromatic carbocycles. The molecule has 1 amide bonds. The molecule has 3 rings (SSSR count). The maximum Gasteiger partial charge on any atom is 0.217 e. The Morgan fingerprint density at radius 2 is 1.73 bits per heavy atom. The number of fused-ring (bicyclic) bond motifs is 1. The van der Waals surface area contributed by atoms with Gasteiger partial charge in [0.05, 0.1) is 20.3 Å². The molecule has 0 saturated carbocycles. The summed E-state index contributed by atoms with van der Waals surface area (Å²) in [5, 5.41) is 15.4. The lowest BCUT2D eigenvalue weighted by Crippen LogP contribution is -2.27. The molecule has 0 aliphatic carbocycles. The fourth-order valence-corrected chi connectivity index (χ4v) is 3.15. The fourth-order valence-electron chi connectivity index (χ4n) is 3.15. The summed E-state index contributed by atoms with van der Waals surface area (Å²) in [6.45, 7) is 1.45. The second kappa shape index (κ2) is 7.35. The number of carbonyl (C=O) groups excluding carboxylic acids is 1. The van der Waals surface area contributed by atoms with Crippen LogP contribution in [0.5, 0.6) is 17.2 Å². The van der Waals surface area contributed by atoms with Crippen LogP contribution in [-0.2, 0) is 4.79 Å². The molecule has 0 spiro atoms. The van der Waals surface area contributed by atoms with Gasteiger partial charge in [-0.05, 0) is 34.5 Å². The number of hydrogen-bond donors (Lipinski definition) is 2. The molecular weight excluding hydrogens is 330 g/mol. The summed E-state index contributed by atoms with van der Waals surface area (Å²) in [6.07, 6.45) is 0. The van der Waals surface area contributed by atoms with Crippen molar-refractivity contribution in [3.63, 3.8) is 0 Å². The summed E-state index contributed by atoms with van der Waals surface area (Å²) in [5.74, 6) is 1.08. The highest BCUT2D eigenvalue weighted by Gasteiger charge is 2.22. The molecule has 0 aromatic heterocycles. The number of methoxy groups -OCH3 is 2. The zero-order valence-corrected chi connectivity index (χ0v) is 14.9. The minimum atomic E-state index is -0.529. The number of carbonyl (C=O) groups is 1. The summed E-state index contributed by atoms with van der Waals surface area (Å²) in [4.78, 5) is 11.9. The monoisotopic (exact) mass is 351 g/mol. The van der Waals surface area contributed by atoms with Gasteiger partial charge >= 0.3 is 0 Å². The van der Waals surface area contributed by atoms with Crippen molar-refractivity contribution in [2.45, 2.75) is 13.0 Å². The van der Waals surface area contributed by atoms with E-state index in [1.165, 1.54) is 6.92 Å². The first-order chi connectivity index (χ1) is 12.5. The quantitative estimate of drug-likeness (QED) is 0.734. The molecule has 1 atom stereocenters. The second-order valence-corrected chi connectivity index (χ2v) is 5.97. The van der Waals surface area contributed by atoms with Crippen LogP contribution in [0.4, 0.5) is 0 Å². The van der Waals surface area contributed by atoms with Gasteiger partial charge in [-0.3, -0.25) is 4.79 Å². The van der Waals surface area contributed by atoms with Crippen molar-refractivity contribution < 1.29 is 19.4 Å². The van der Waals surface area contributed by atoms with Crippen molar-refractivity contribution in [2.24, 2.45) is 0 Å². The van der Waals surface area contributed by atoms with Gasteiger partial charge in [-0.25, -0.2) is 0 Å². The van der Waals surface area contributed by atoms with Crippen molar-refractivity contribution in [1.29, 1.82) is 0 Å². The van der Waals surface area contributed by atoms with Crippen LogP contribution in [0.15, 0.2) is 54.6 Å². The molecule has 0 saturated heterocycles. The number of amides is 1. The van der Waals surface area contributed by atoms with E-state index in [2.05, 4.69) is 5.32 Å². The first-order valence-electron chi connectivity index (χ1n) is 8.24. The van der Waals surface area contributed by atoms with Gasteiger partial charge in [0, 0.05) is 12.5 Å². The average Bonchev–Trinajstić information content (AvgIpc) is 2.65. The third-order valence-electron chi connectivity index (χ3n) is 4.32. The normalized spacial score (nSPS) is 11.8. The number of ether oxygens (including phenoxy) is 2. The van der Waals surface area contributed by atoms with Crippen molar-refractivity contribution in [1.82, 2.24) is 5.32 Å². The number of aromatic hydroxyl groups is 1. The Bertz CT molecular complexity index is 952. The Labute approximate surface area is 152 Å². The Hall–Kier alpha value is -3.21. The van der Waals surface area contributed by atoms with Crippen molar-refractivity contribution in [3.8, 4) is 17.2 Å². The largest absolute Gasteiger partial charge is 0.508 e. The summed E-state index contributed by atoms with van der Waals surface area (Å²) in [6, 6.07) is 16.2. The fraction of sp³-hybridized carbons (Fsp3) is 0.190. The van der Waals surface area contributed by atoms with E-state index in [0.717, 1.165) is 16.3 Å². The molecule has 3 aromatic rings. The molecule has 0 aliphatic rings. The Balaban J connectivity index is 2.22. The van der Waals surface area contributed by atoms with Crippen LogP contribution in [0.3, 0.4) is 0 Å². The van der Waals surface area contributed by atoms with Gasteiger partial charge in [0.15, 0.2) is 11.5 Å². The Kier molecular flexibility index (Phi) is 4.98. The number of hydrogen-bond acceptors (Lipinski definition) is 4. The average molecular weight is 351 g/mol. The summed E-state index contributed by atoms with van der Waals surface area (Å²) >= 11 is 0. The molecule has 5 heteroatoms. The van der Waals surface area contributed by atoms with Crippen LogP contribution in [0.25, 0.3) is 10.8 Å². The van der Waals surface area contributed by atoms with E-state index < -0.39 is 6.04 Å². The Morgan fingerprint density at radius 1 is 1.00 bits per heavy atom. The molecule has 5 nitrogen and oxygen atoms in total. The molecule has 0 unspecified atom stereocenters. The van der Waals surface area contributed by atoms with Gasteiger partial charge in [-0.2, -0.15) is 0 Å². The maximum atomic E-state index is 11.9. The van der Waals surface area contributed by atoms with E-state index in [1.54, 1.807) is 32.4 Å². The summed E-state index contributed by atoms with van der Waals surface area (Å²) in [7, 11) is 3.13. The minimum Gasteiger partial charge on any atom is -0.508 e. The number of phenolic OH excluding ortho intramolecular Hbond substituents is 1. The first kappa shape index (κ1) is 17.6. The van der Waals surface area contributed by atoms with Crippen molar-refractivity contribution in [2.75, 3.05) is 14.2 Å². The molecular formula is C21H21NO4. The van der Waals surface area contributed by atoms with Crippen LogP contribution in [-0.4, -0.2) is 25.2 Å². The van der Waals surface area contributed by atoms with E-state index in [0.29, 0.717) is 17.1 Å². The maximum absolute atomic E-state index is 11.9. The highest BCUT2D eigenvalue weighted by molar-refractivity contribution is 5.89. The second-order valence-electron chi connectivity index (χ2n) is 5.97. The van der Waals surface area contributed by atoms with Crippen LogP contribution >= 0.6 is 0 Å². The molecule has 26 heavy (non-hydrogen) atoms. The number of benzene rings is 3. The van der Waals surface area contributed by atoms with E-state index in [9.17, 15) is 9.90 Å². The molecule has 0 fully saturated rings. The highest BCUT2D eigenvalue weighted by atomic mass is 16.5. The smallest absolute Gasteiger partial charge is 0.217 e. The number of nitrogens with one attached hydrogen (secondary N) is 1. The minimum absolute atomic E-state index is 0.122. The van der Waals surface area contributed by atoms with E-state index >= 15 is 0 Å². The van der Waals surface area contributed by atoms with Crippen LogP contribution < -0.4 is 14.8 Å². The van der Waals surface area contributed by atoms with Gasteiger partial charge in [0.1, 0.15) is 5.75 Å². The van der Waals surface area contributed by atoms with E-state index in [-0.39, 0.29) is 11.7 Å². The Morgan fingerprint density at radius 3 is 2.42 bits per heavy atom. The zero-order valence-electron chi connectivity index (χ0n) is 14.9. The molecule has 0 radical (unpaired) electrons. The van der Waals surface area contributed by atoms with Crippen LogP contribution in [0, 0.1) is 0 Å². The third-order valence-corrected chi connectivity index (χ3v) is 4.32. The zero-order chi connectivity index (χ0) is 18.7. The third kappa shape index (κ3) is 3.28. The van der Waals surface area contributed by atoms with Gasteiger partial charge in [0.25, 0.3) is 0 Å². The number of phenols is 1. The van der Waals surface area contributed by atoms with Gasteiger partial charge in [-0.1, -0.05) is 36.4 Å². The van der Waals surface area contributed by atoms with Crippen molar-refractivity contribution in [3.05, 3.63) is 65.7 Å². The highest BCUT2D eigenvalue weighted by Crippen LogP contribution is 2.38. The van der Waals surface area contributed by atoms with Crippen LogP contribution in [0.1, 0.15) is 24.1 Å². The van der Waals surface area contributed by atoms with Gasteiger partial charge < -0.3 is 19.9 Å². The lowest BCUT2D eigenvalue weighted by atomic mass is 9.92. The number of rotatable bonds is 5. The van der Waals surface area contributed by atoms with Crippen molar-refractivity contribution >= 4 is 16.7 Å². The first-order valence-corrected chi connectivity index (χ1v) is 8.24. The lowest BCUT2D eigenvalue weighted by molar-refractivity contribution is -0.119. The molecule has 2 N–H and O–H groups in total. The molecule has 134 valence electrons. The summed E-state index contributed by atoms with van der Waals surface area (Å²) < 4.78 is 10.7. The standard InChI is InChI=1S/C21H21NO4/c1-13(23)22-21(15-9-11-18(25-2)19(12-15)26-3)20-16-7-5-4-6-14(16)8-10-17(20)24/h4-12,21,24H,1-3H3,(H,22,23)/t21-/m1/s1. The van der Waals surface area contributed by atoms with E-state index in [1.807, 2.05) is 36.4 Å². The SMILES string of the molecule is COc1ccc([C@@H](NC(C)=O)c2c(O)ccc3ccccc23)cc1OC. The molecule has 0 bridgehead atoms. The predicted molar refractivity (Wildman–Crippen MR) is 101 cm³/mol. The molecule has 0 aliphatic heterocycles. The lowest BCUT2D eigenvalue weighted by Gasteiger charge is -2.23. The van der Waals surface area contributed by atoms with Gasteiger partial charge in [0.2, 0.25) is 5.91 Å².